The molecule has 1 unspecified atom stereocenters. The van der Waals surface area contributed by atoms with Gasteiger partial charge in [-0.2, -0.15) is 9.97 Å². The van der Waals surface area contributed by atoms with E-state index < -0.39 is 0 Å². The molecule has 2 rings (SSSR count). The van der Waals surface area contributed by atoms with Crippen LogP contribution in [-0.4, -0.2) is 41.8 Å². The average molecular weight is 281 g/mol. The Bertz CT molecular complexity index is 401. The SMILES string of the molecule is COc1nc(NC(CN)C2CCCCC2)nc(OC)n1. The molecule has 1 aliphatic rings. The van der Waals surface area contributed by atoms with Crippen LogP contribution in [0.2, 0.25) is 0 Å². The van der Waals surface area contributed by atoms with E-state index in [4.69, 9.17) is 15.2 Å². The monoisotopic (exact) mass is 281 g/mol. The molecule has 0 bridgehead atoms. The summed E-state index contributed by atoms with van der Waals surface area (Å²) in [6.45, 7) is 0.557. The molecule has 1 aromatic heterocycles. The molecule has 1 fully saturated rings. The van der Waals surface area contributed by atoms with Crippen LogP contribution in [-0.2, 0) is 0 Å². The molecule has 3 N–H and O–H groups in total. The maximum absolute atomic E-state index is 5.90. The van der Waals surface area contributed by atoms with Crippen molar-refractivity contribution in [1.82, 2.24) is 15.0 Å². The number of methoxy groups -OCH3 is 2. The number of ether oxygens (including phenoxy) is 2. The van der Waals surface area contributed by atoms with E-state index in [2.05, 4.69) is 20.3 Å². The number of hydrogen-bond donors (Lipinski definition) is 2. The van der Waals surface area contributed by atoms with E-state index in [1.54, 1.807) is 0 Å². The van der Waals surface area contributed by atoms with E-state index in [0.29, 0.717) is 18.4 Å². The van der Waals surface area contributed by atoms with Crippen molar-refractivity contribution < 1.29 is 9.47 Å². The summed E-state index contributed by atoms with van der Waals surface area (Å²) >= 11 is 0. The summed E-state index contributed by atoms with van der Waals surface area (Å²) in [5.74, 6) is 1.03. The number of rotatable bonds is 6. The van der Waals surface area contributed by atoms with Gasteiger partial charge in [-0.15, -0.1) is 4.98 Å². The third-order valence-corrected chi connectivity index (χ3v) is 3.75. The second-order valence-electron chi connectivity index (χ2n) is 5.02. The number of hydrogen-bond acceptors (Lipinski definition) is 7. The highest BCUT2D eigenvalue weighted by atomic mass is 16.5. The minimum atomic E-state index is 0.173. The van der Waals surface area contributed by atoms with Crippen LogP contribution in [0.5, 0.6) is 12.0 Å². The normalized spacial score (nSPS) is 17.6. The maximum Gasteiger partial charge on any atom is 0.324 e. The van der Waals surface area contributed by atoms with Crippen LogP contribution >= 0.6 is 0 Å². The van der Waals surface area contributed by atoms with Gasteiger partial charge in [-0.1, -0.05) is 19.3 Å². The van der Waals surface area contributed by atoms with Gasteiger partial charge in [-0.3, -0.25) is 0 Å². The first-order valence-electron chi connectivity index (χ1n) is 7.07. The zero-order chi connectivity index (χ0) is 14.4. The lowest BCUT2D eigenvalue weighted by atomic mass is 9.84. The Labute approximate surface area is 119 Å². The molecule has 0 aromatic carbocycles. The molecular weight excluding hydrogens is 258 g/mol. The predicted molar refractivity (Wildman–Crippen MR) is 76.0 cm³/mol. The van der Waals surface area contributed by atoms with E-state index in [0.717, 1.165) is 0 Å². The van der Waals surface area contributed by atoms with Crippen molar-refractivity contribution in [2.45, 2.75) is 38.1 Å². The van der Waals surface area contributed by atoms with Gasteiger partial charge in [-0.05, 0) is 18.8 Å². The molecule has 0 radical (unpaired) electrons. The molecule has 1 saturated carbocycles. The Morgan fingerprint density at radius 2 is 1.70 bits per heavy atom. The van der Waals surface area contributed by atoms with Gasteiger partial charge >= 0.3 is 12.0 Å². The Balaban J connectivity index is 2.09. The van der Waals surface area contributed by atoms with Crippen LogP contribution in [0.25, 0.3) is 0 Å². The maximum atomic E-state index is 5.90. The Kier molecular flexibility index (Phi) is 5.34. The van der Waals surface area contributed by atoms with Gasteiger partial charge < -0.3 is 20.5 Å². The van der Waals surface area contributed by atoms with Gasteiger partial charge in [-0.25, -0.2) is 0 Å². The van der Waals surface area contributed by atoms with Gasteiger partial charge in [0.15, 0.2) is 0 Å². The first-order valence-corrected chi connectivity index (χ1v) is 7.07. The number of nitrogens with two attached hydrogens (primary N) is 1. The number of nitrogens with zero attached hydrogens (tertiary/aromatic N) is 3. The lowest BCUT2D eigenvalue weighted by Crippen LogP contribution is -2.38. The van der Waals surface area contributed by atoms with Crippen LogP contribution in [0.15, 0.2) is 0 Å². The lowest BCUT2D eigenvalue weighted by molar-refractivity contribution is 0.317. The summed E-state index contributed by atoms with van der Waals surface area (Å²) in [5.41, 5.74) is 5.90. The van der Waals surface area contributed by atoms with E-state index in [1.165, 1.54) is 46.3 Å². The van der Waals surface area contributed by atoms with Gasteiger partial charge in [0.25, 0.3) is 0 Å². The third-order valence-electron chi connectivity index (χ3n) is 3.75. The highest BCUT2D eigenvalue weighted by Gasteiger charge is 2.23. The first kappa shape index (κ1) is 14.8. The Morgan fingerprint density at radius 3 is 2.20 bits per heavy atom. The molecular formula is C13H23N5O2. The molecule has 0 spiro atoms. The second kappa shape index (κ2) is 7.23. The summed E-state index contributed by atoms with van der Waals surface area (Å²) in [6, 6.07) is 0.643. The molecule has 0 amide bonds. The average Bonchev–Trinajstić information content (AvgIpc) is 2.53. The minimum absolute atomic E-state index is 0.173. The number of aromatic nitrogens is 3. The Hall–Kier alpha value is -1.63. The first-order chi connectivity index (χ1) is 9.76. The molecule has 7 heteroatoms. The molecule has 0 aliphatic heterocycles. The van der Waals surface area contributed by atoms with Gasteiger partial charge in [0.1, 0.15) is 0 Å². The van der Waals surface area contributed by atoms with Crippen LogP contribution in [0.4, 0.5) is 5.95 Å². The van der Waals surface area contributed by atoms with E-state index in [1.807, 2.05) is 0 Å². The van der Waals surface area contributed by atoms with Crippen molar-refractivity contribution in [2.75, 3.05) is 26.1 Å². The zero-order valence-electron chi connectivity index (χ0n) is 12.1. The number of anilines is 1. The number of nitrogens with one attached hydrogen (secondary N) is 1. The van der Waals surface area contributed by atoms with Gasteiger partial charge in [0.2, 0.25) is 5.95 Å². The molecule has 1 aliphatic carbocycles. The van der Waals surface area contributed by atoms with Gasteiger partial charge in [0.05, 0.1) is 14.2 Å². The van der Waals surface area contributed by atoms with E-state index >= 15 is 0 Å². The lowest BCUT2D eigenvalue weighted by Gasteiger charge is -2.30. The van der Waals surface area contributed by atoms with Crippen molar-refractivity contribution in [3.05, 3.63) is 0 Å². The predicted octanol–water partition coefficient (Wildman–Crippen LogP) is 1.21. The third kappa shape index (κ3) is 3.69. The topological polar surface area (TPSA) is 95.2 Å². The van der Waals surface area contributed by atoms with Crippen molar-refractivity contribution in [2.24, 2.45) is 11.7 Å². The van der Waals surface area contributed by atoms with Crippen molar-refractivity contribution in [3.63, 3.8) is 0 Å². The Morgan fingerprint density at radius 1 is 1.10 bits per heavy atom. The molecule has 1 aromatic rings. The zero-order valence-corrected chi connectivity index (χ0v) is 12.1. The quantitative estimate of drug-likeness (QED) is 0.809. The van der Waals surface area contributed by atoms with Gasteiger partial charge in [0, 0.05) is 12.6 Å². The van der Waals surface area contributed by atoms with E-state index in [9.17, 15) is 0 Å². The fraction of sp³-hybridized carbons (Fsp3) is 0.769. The highest BCUT2D eigenvalue weighted by Crippen LogP contribution is 2.27. The van der Waals surface area contributed by atoms with Crippen molar-refractivity contribution >= 4 is 5.95 Å². The van der Waals surface area contributed by atoms with Crippen molar-refractivity contribution in [1.29, 1.82) is 0 Å². The summed E-state index contributed by atoms with van der Waals surface area (Å²) in [7, 11) is 3.03. The fourth-order valence-electron chi connectivity index (χ4n) is 2.66. The molecule has 7 nitrogen and oxygen atoms in total. The van der Waals surface area contributed by atoms with E-state index in [-0.39, 0.29) is 18.1 Å². The minimum Gasteiger partial charge on any atom is -0.467 e. The second-order valence-corrected chi connectivity index (χ2v) is 5.02. The largest absolute Gasteiger partial charge is 0.467 e. The summed E-state index contributed by atoms with van der Waals surface area (Å²) in [4.78, 5) is 12.4. The summed E-state index contributed by atoms with van der Waals surface area (Å²) in [6.07, 6.45) is 6.27. The molecule has 112 valence electrons. The summed E-state index contributed by atoms with van der Waals surface area (Å²) < 4.78 is 10.1. The fourth-order valence-corrected chi connectivity index (χ4v) is 2.66. The van der Waals surface area contributed by atoms with Crippen LogP contribution in [0, 0.1) is 5.92 Å². The molecule has 1 atom stereocenters. The highest BCUT2D eigenvalue weighted by molar-refractivity contribution is 5.29. The standard InChI is InChI=1S/C13H23N5O2/c1-19-12-16-11(17-13(18-12)20-2)15-10(8-14)9-6-4-3-5-7-9/h9-10H,3-8,14H2,1-2H3,(H,15,16,17,18). The van der Waals surface area contributed by atoms with Crippen molar-refractivity contribution in [3.8, 4) is 12.0 Å². The molecule has 20 heavy (non-hydrogen) atoms. The molecule has 0 saturated heterocycles. The smallest absolute Gasteiger partial charge is 0.324 e. The summed E-state index contributed by atoms with van der Waals surface area (Å²) in [5, 5.41) is 3.30. The van der Waals surface area contributed by atoms with Crippen LogP contribution in [0.1, 0.15) is 32.1 Å². The molecule has 1 heterocycles. The van der Waals surface area contributed by atoms with Crippen LogP contribution < -0.4 is 20.5 Å². The van der Waals surface area contributed by atoms with Crippen LogP contribution in [0.3, 0.4) is 0 Å².